The first-order chi connectivity index (χ1) is 11.1. The molecule has 0 saturated carbocycles. The summed E-state index contributed by atoms with van der Waals surface area (Å²) in [5, 5.41) is 0. The summed E-state index contributed by atoms with van der Waals surface area (Å²) in [4.78, 5) is 18.2. The van der Waals surface area contributed by atoms with Crippen molar-refractivity contribution in [2.24, 2.45) is 5.92 Å². The fraction of sp³-hybridized carbons (Fsp3) is 0.667. The van der Waals surface area contributed by atoms with Gasteiger partial charge in [-0.1, -0.05) is 13.8 Å². The number of nitrogens with zero attached hydrogens (tertiary/aromatic N) is 2. The van der Waals surface area contributed by atoms with Crippen LogP contribution in [0.25, 0.3) is 0 Å². The van der Waals surface area contributed by atoms with Gasteiger partial charge in [0, 0.05) is 37.7 Å². The fourth-order valence-corrected chi connectivity index (χ4v) is 4.77. The molecule has 1 aromatic rings. The predicted molar refractivity (Wildman–Crippen MR) is 93.3 cm³/mol. The van der Waals surface area contributed by atoms with E-state index in [1.54, 1.807) is 12.4 Å². The van der Waals surface area contributed by atoms with E-state index in [-0.39, 0.29) is 4.75 Å². The van der Waals surface area contributed by atoms with Crippen molar-refractivity contribution < 1.29 is 9.53 Å². The third-order valence-corrected chi connectivity index (χ3v) is 6.23. The number of hydrogen-bond acceptors (Lipinski definition) is 4. The Hall–Kier alpha value is -1.07. The molecule has 4 nitrogen and oxygen atoms in total. The van der Waals surface area contributed by atoms with Crippen LogP contribution in [-0.2, 0) is 16.1 Å². The van der Waals surface area contributed by atoms with Crippen molar-refractivity contribution >= 4 is 17.7 Å². The minimum absolute atomic E-state index is 0.260. The number of carbonyl (C=O) groups excluding carboxylic acids is 1. The van der Waals surface area contributed by atoms with E-state index >= 15 is 0 Å². The van der Waals surface area contributed by atoms with E-state index in [2.05, 4.69) is 18.8 Å². The molecule has 2 aliphatic rings. The maximum atomic E-state index is 12.1. The van der Waals surface area contributed by atoms with Gasteiger partial charge >= 0.3 is 0 Å². The van der Waals surface area contributed by atoms with Gasteiger partial charge in [0.15, 0.2) is 0 Å². The van der Waals surface area contributed by atoms with Gasteiger partial charge in [-0.05, 0) is 36.5 Å². The molecular weight excluding hydrogens is 308 g/mol. The first-order valence-corrected chi connectivity index (χ1v) is 9.47. The summed E-state index contributed by atoms with van der Waals surface area (Å²) in [5.41, 5.74) is 1.17. The minimum Gasteiger partial charge on any atom is -0.373 e. The van der Waals surface area contributed by atoms with Crippen molar-refractivity contribution in [1.29, 1.82) is 0 Å². The number of thioether (sulfide) groups is 1. The topological polar surface area (TPSA) is 42.4 Å². The van der Waals surface area contributed by atoms with Gasteiger partial charge in [-0.2, -0.15) is 0 Å². The Balaban J connectivity index is 1.40. The quantitative estimate of drug-likeness (QED) is 0.802. The molecule has 2 aliphatic heterocycles. The number of aromatic nitrogens is 1. The molecule has 1 spiro atoms. The van der Waals surface area contributed by atoms with Crippen molar-refractivity contribution in [3.05, 3.63) is 30.1 Å². The van der Waals surface area contributed by atoms with Gasteiger partial charge in [0.1, 0.15) is 0 Å². The summed E-state index contributed by atoms with van der Waals surface area (Å²) >= 11 is 1.99. The summed E-state index contributed by atoms with van der Waals surface area (Å²) < 4.78 is 6.30. The molecule has 1 atom stereocenters. The molecule has 2 saturated heterocycles. The van der Waals surface area contributed by atoms with Crippen LogP contribution in [0.1, 0.15) is 38.7 Å². The van der Waals surface area contributed by atoms with Crippen LogP contribution < -0.4 is 0 Å². The fourth-order valence-electron chi connectivity index (χ4n) is 3.22. The molecule has 1 unspecified atom stereocenters. The van der Waals surface area contributed by atoms with Crippen molar-refractivity contribution in [1.82, 2.24) is 9.88 Å². The lowest BCUT2D eigenvalue weighted by molar-refractivity contribution is -0.137. The number of likely N-dealkylation sites (tertiary alicyclic amines) is 1. The number of pyridine rings is 1. The van der Waals surface area contributed by atoms with Crippen molar-refractivity contribution in [2.75, 3.05) is 18.8 Å². The van der Waals surface area contributed by atoms with Crippen LogP contribution in [0, 0.1) is 5.92 Å². The average Bonchev–Trinajstić information content (AvgIpc) is 2.95. The van der Waals surface area contributed by atoms with E-state index in [4.69, 9.17) is 4.74 Å². The molecular formula is C18H26N2O2S. The smallest absolute Gasteiger partial charge is 0.222 e. The second-order valence-electron chi connectivity index (χ2n) is 7.17. The van der Waals surface area contributed by atoms with Gasteiger partial charge < -0.3 is 9.64 Å². The molecule has 0 aromatic carbocycles. The van der Waals surface area contributed by atoms with Crippen molar-refractivity contribution in [2.45, 2.75) is 50.6 Å². The lowest BCUT2D eigenvalue weighted by Gasteiger charge is -2.47. The monoisotopic (exact) mass is 334 g/mol. The highest BCUT2D eigenvalue weighted by Crippen LogP contribution is 2.46. The van der Waals surface area contributed by atoms with Gasteiger partial charge in [0.2, 0.25) is 5.91 Å². The third-order valence-electron chi connectivity index (χ3n) is 4.66. The Labute approximate surface area is 143 Å². The van der Waals surface area contributed by atoms with Crippen molar-refractivity contribution in [3.63, 3.8) is 0 Å². The zero-order valence-corrected chi connectivity index (χ0v) is 14.8. The molecule has 1 aromatic heterocycles. The summed E-state index contributed by atoms with van der Waals surface area (Å²) in [6, 6.07) is 3.99. The second kappa shape index (κ2) is 7.22. The van der Waals surface area contributed by atoms with Crippen LogP contribution in [0.15, 0.2) is 24.5 Å². The normalized spacial score (nSPS) is 22.6. The van der Waals surface area contributed by atoms with Gasteiger partial charge in [-0.3, -0.25) is 9.78 Å². The van der Waals surface area contributed by atoms with E-state index in [0.717, 1.165) is 31.7 Å². The van der Waals surface area contributed by atoms with Crippen LogP contribution in [-0.4, -0.2) is 45.5 Å². The van der Waals surface area contributed by atoms with E-state index in [1.807, 2.05) is 28.8 Å². The number of rotatable bonds is 6. The summed E-state index contributed by atoms with van der Waals surface area (Å²) in [6.45, 7) is 6.80. The third kappa shape index (κ3) is 4.27. The van der Waals surface area contributed by atoms with E-state index in [9.17, 15) is 4.79 Å². The van der Waals surface area contributed by atoms with Crippen LogP contribution in [0.4, 0.5) is 0 Å². The van der Waals surface area contributed by atoms with Gasteiger partial charge in [0.05, 0.1) is 17.5 Å². The predicted octanol–water partition coefficient (Wildman–Crippen LogP) is 3.12. The Bertz CT molecular complexity index is 529. The molecule has 0 radical (unpaired) electrons. The maximum absolute atomic E-state index is 12.1. The lowest BCUT2D eigenvalue weighted by Crippen LogP contribution is -2.60. The molecule has 0 bridgehead atoms. The molecule has 1 amide bonds. The molecule has 126 valence electrons. The SMILES string of the molecule is CC(C)CCC(=O)N1CC2(CC(OCc3ccncc3)CS2)C1. The first kappa shape index (κ1) is 16.8. The number of carbonyl (C=O) groups is 1. The highest BCUT2D eigenvalue weighted by molar-refractivity contribution is 8.01. The van der Waals surface area contributed by atoms with E-state index < -0.39 is 0 Å². The Morgan fingerprint density at radius 2 is 2.17 bits per heavy atom. The highest BCUT2D eigenvalue weighted by atomic mass is 32.2. The van der Waals surface area contributed by atoms with E-state index in [1.165, 1.54) is 5.56 Å². The molecule has 3 heterocycles. The molecule has 5 heteroatoms. The van der Waals surface area contributed by atoms with Gasteiger partial charge in [-0.25, -0.2) is 0 Å². The minimum atomic E-state index is 0.260. The highest BCUT2D eigenvalue weighted by Gasteiger charge is 2.50. The largest absolute Gasteiger partial charge is 0.373 e. The zero-order valence-electron chi connectivity index (χ0n) is 14.0. The molecule has 3 rings (SSSR count). The van der Waals surface area contributed by atoms with Gasteiger partial charge in [-0.15, -0.1) is 11.8 Å². The number of amides is 1. The van der Waals surface area contributed by atoms with Crippen molar-refractivity contribution in [3.8, 4) is 0 Å². The van der Waals surface area contributed by atoms with Crippen LogP contribution in [0.5, 0.6) is 0 Å². The summed E-state index contributed by atoms with van der Waals surface area (Å²) in [6.07, 6.45) is 6.66. The Morgan fingerprint density at radius 1 is 1.43 bits per heavy atom. The molecule has 23 heavy (non-hydrogen) atoms. The standard InChI is InChI=1S/C18H26N2O2S/c1-14(2)3-4-17(21)20-12-18(13-20)9-16(11-23-18)22-10-15-5-7-19-8-6-15/h5-8,14,16H,3-4,9-13H2,1-2H3. The molecule has 0 aliphatic carbocycles. The number of ether oxygens (including phenoxy) is 1. The molecule has 0 N–H and O–H groups in total. The average molecular weight is 334 g/mol. The lowest BCUT2D eigenvalue weighted by atomic mass is 9.92. The number of hydrogen-bond donors (Lipinski definition) is 0. The second-order valence-corrected chi connectivity index (χ2v) is 8.66. The summed E-state index contributed by atoms with van der Waals surface area (Å²) in [5.74, 6) is 1.96. The van der Waals surface area contributed by atoms with E-state index in [0.29, 0.717) is 31.0 Å². The Kier molecular flexibility index (Phi) is 5.27. The van der Waals surface area contributed by atoms with Crippen LogP contribution in [0.3, 0.4) is 0 Å². The molecule has 2 fully saturated rings. The summed E-state index contributed by atoms with van der Waals surface area (Å²) in [7, 11) is 0. The Morgan fingerprint density at radius 3 is 2.87 bits per heavy atom. The van der Waals surface area contributed by atoms with Crippen LogP contribution >= 0.6 is 11.8 Å². The zero-order chi connectivity index (χ0) is 16.3. The van der Waals surface area contributed by atoms with Crippen LogP contribution in [0.2, 0.25) is 0 Å². The maximum Gasteiger partial charge on any atom is 0.222 e. The first-order valence-electron chi connectivity index (χ1n) is 8.48. The van der Waals surface area contributed by atoms with Gasteiger partial charge in [0.25, 0.3) is 0 Å².